The lowest BCUT2D eigenvalue weighted by Gasteiger charge is -2.29. The van der Waals surface area contributed by atoms with E-state index < -0.39 is 0 Å². The number of nitrogens with zero attached hydrogens (tertiary/aromatic N) is 2. The van der Waals surface area contributed by atoms with Gasteiger partial charge in [-0.3, -0.25) is 0 Å². The molecule has 0 bridgehead atoms. The molecule has 1 aromatic heterocycles. The van der Waals surface area contributed by atoms with Crippen LogP contribution in [0.15, 0.2) is 18.3 Å². The monoisotopic (exact) mass is 279 g/mol. The topological polar surface area (TPSA) is 37.4 Å². The third-order valence-corrected chi connectivity index (χ3v) is 3.24. The van der Waals surface area contributed by atoms with Crippen molar-refractivity contribution in [2.45, 2.75) is 33.7 Å². The fourth-order valence-electron chi connectivity index (χ4n) is 2.35. The van der Waals surface area contributed by atoms with Gasteiger partial charge in [0, 0.05) is 38.0 Å². The van der Waals surface area contributed by atoms with Crippen LogP contribution in [-0.2, 0) is 4.74 Å². The van der Waals surface area contributed by atoms with Crippen LogP contribution >= 0.6 is 0 Å². The highest BCUT2D eigenvalue weighted by molar-refractivity contribution is 5.48. The van der Waals surface area contributed by atoms with Crippen molar-refractivity contribution in [1.82, 2.24) is 10.3 Å². The zero-order valence-electron chi connectivity index (χ0n) is 13.5. The van der Waals surface area contributed by atoms with Crippen molar-refractivity contribution in [2.75, 3.05) is 38.3 Å². The molecule has 1 rings (SSSR count). The lowest BCUT2D eigenvalue weighted by molar-refractivity contribution is 0.204. The van der Waals surface area contributed by atoms with Gasteiger partial charge >= 0.3 is 0 Å². The Hall–Kier alpha value is -1.13. The Morgan fingerprint density at radius 1 is 1.35 bits per heavy atom. The summed E-state index contributed by atoms with van der Waals surface area (Å²) in [6.07, 6.45) is 1.87. The molecular formula is C16H29N3O. The predicted molar refractivity (Wildman–Crippen MR) is 85.3 cm³/mol. The Bertz CT molecular complexity index is 382. The van der Waals surface area contributed by atoms with Crippen molar-refractivity contribution in [2.24, 2.45) is 5.92 Å². The second-order valence-electron chi connectivity index (χ2n) is 5.53. The number of pyridine rings is 1. The molecule has 0 saturated carbocycles. The predicted octanol–water partition coefficient (Wildman–Crippen LogP) is 2.86. The van der Waals surface area contributed by atoms with Crippen LogP contribution in [0.4, 0.5) is 5.82 Å². The summed E-state index contributed by atoms with van der Waals surface area (Å²) in [5.74, 6) is 1.67. The van der Waals surface area contributed by atoms with E-state index in [1.807, 2.05) is 12.3 Å². The minimum Gasteiger partial charge on any atom is -0.383 e. The molecule has 0 saturated heterocycles. The normalized spacial score (nSPS) is 12.7. The number of nitrogens with one attached hydrogen (secondary N) is 1. The van der Waals surface area contributed by atoms with Gasteiger partial charge < -0.3 is 15.0 Å². The summed E-state index contributed by atoms with van der Waals surface area (Å²) < 4.78 is 5.24. The molecule has 0 spiro atoms. The molecule has 1 N–H and O–H groups in total. The molecule has 0 aliphatic heterocycles. The molecule has 0 radical (unpaired) electrons. The van der Waals surface area contributed by atoms with Crippen LogP contribution in [0.1, 0.15) is 39.3 Å². The Labute approximate surface area is 123 Å². The molecule has 1 atom stereocenters. The van der Waals surface area contributed by atoms with Crippen LogP contribution in [0.25, 0.3) is 0 Å². The van der Waals surface area contributed by atoms with Gasteiger partial charge in [-0.05, 0) is 25.5 Å². The lowest BCUT2D eigenvalue weighted by Crippen LogP contribution is -2.33. The number of methoxy groups -OCH3 is 1. The van der Waals surface area contributed by atoms with E-state index in [-0.39, 0.29) is 0 Å². The maximum absolute atomic E-state index is 5.24. The first-order valence-corrected chi connectivity index (χ1v) is 7.52. The van der Waals surface area contributed by atoms with Gasteiger partial charge in [0.25, 0.3) is 0 Å². The van der Waals surface area contributed by atoms with Gasteiger partial charge in [0.05, 0.1) is 6.61 Å². The first-order chi connectivity index (χ1) is 9.60. The van der Waals surface area contributed by atoms with E-state index in [0.717, 1.165) is 32.1 Å². The minimum atomic E-state index is 0.306. The molecular weight excluding hydrogens is 250 g/mol. The van der Waals surface area contributed by atoms with E-state index in [9.17, 15) is 0 Å². The maximum atomic E-state index is 5.24. The van der Waals surface area contributed by atoms with Crippen molar-refractivity contribution in [3.63, 3.8) is 0 Å². The molecule has 1 aromatic rings. The average Bonchev–Trinajstić information content (AvgIpc) is 2.43. The number of hydrogen-bond donors (Lipinski definition) is 1. The van der Waals surface area contributed by atoms with Crippen molar-refractivity contribution in [3.8, 4) is 0 Å². The van der Waals surface area contributed by atoms with Gasteiger partial charge in [0.15, 0.2) is 0 Å². The fourth-order valence-corrected chi connectivity index (χ4v) is 2.35. The van der Waals surface area contributed by atoms with E-state index in [4.69, 9.17) is 4.74 Å². The molecule has 114 valence electrons. The smallest absolute Gasteiger partial charge is 0.133 e. The molecule has 20 heavy (non-hydrogen) atoms. The number of hydrogen-bond acceptors (Lipinski definition) is 4. The third kappa shape index (κ3) is 5.10. The van der Waals surface area contributed by atoms with E-state index >= 15 is 0 Å². The Morgan fingerprint density at radius 2 is 2.10 bits per heavy atom. The van der Waals surface area contributed by atoms with Crippen LogP contribution in [0.2, 0.25) is 0 Å². The molecule has 0 amide bonds. The van der Waals surface area contributed by atoms with E-state index in [0.29, 0.717) is 12.0 Å². The summed E-state index contributed by atoms with van der Waals surface area (Å²) in [5, 5.41) is 3.47. The summed E-state index contributed by atoms with van der Waals surface area (Å²) >= 11 is 0. The molecule has 0 aliphatic carbocycles. The quantitative estimate of drug-likeness (QED) is 0.754. The zero-order valence-corrected chi connectivity index (χ0v) is 13.5. The van der Waals surface area contributed by atoms with Crippen molar-refractivity contribution in [1.29, 1.82) is 0 Å². The number of ether oxygens (including phenoxy) is 1. The van der Waals surface area contributed by atoms with Crippen LogP contribution in [0.3, 0.4) is 0 Å². The second kappa shape index (κ2) is 8.93. The molecule has 0 aliphatic rings. The Kier molecular flexibility index (Phi) is 7.55. The summed E-state index contributed by atoms with van der Waals surface area (Å²) in [6.45, 7) is 12.3. The van der Waals surface area contributed by atoms with Gasteiger partial charge in [0.2, 0.25) is 0 Å². The number of aromatic nitrogens is 1. The van der Waals surface area contributed by atoms with Gasteiger partial charge in [-0.25, -0.2) is 4.98 Å². The van der Waals surface area contributed by atoms with Crippen LogP contribution in [0, 0.1) is 5.92 Å². The molecule has 4 nitrogen and oxygen atoms in total. The summed E-state index contributed by atoms with van der Waals surface area (Å²) in [7, 11) is 1.74. The Balaban J connectivity index is 2.98. The highest BCUT2D eigenvalue weighted by Gasteiger charge is 2.17. The van der Waals surface area contributed by atoms with Gasteiger partial charge in [-0.15, -0.1) is 0 Å². The number of anilines is 1. The highest BCUT2D eigenvalue weighted by Crippen LogP contribution is 2.24. The number of rotatable bonds is 9. The summed E-state index contributed by atoms with van der Waals surface area (Å²) in [4.78, 5) is 6.95. The molecule has 1 unspecified atom stereocenters. The molecule has 0 aromatic carbocycles. The average molecular weight is 279 g/mol. The standard InChI is InChI=1S/C16H29N3O/c1-6-17-14(4)15-8-7-9-18-16(15)19(10-11-20-5)12-13(2)3/h7-9,13-14,17H,6,10-12H2,1-5H3. The van der Waals surface area contributed by atoms with Gasteiger partial charge in [-0.1, -0.05) is 26.8 Å². The van der Waals surface area contributed by atoms with Crippen molar-refractivity contribution < 1.29 is 4.74 Å². The molecule has 4 heteroatoms. The fraction of sp³-hybridized carbons (Fsp3) is 0.688. The second-order valence-corrected chi connectivity index (χ2v) is 5.53. The van der Waals surface area contributed by atoms with Crippen molar-refractivity contribution >= 4 is 5.82 Å². The zero-order chi connectivity index (χ0) is 15.0. The van der Waals surface area contributed by atoms with Crippen LogP contribution < -0.4 is 10.2 Å². The van der Waals surface area contributed by atoms with E-state index in [1.54, 1.807) is 7.11 Å². The van der Waals surface area contributed by atoms with E-state index in [2.05, 4.69) is 49.0 Å². The SMILES string of the molecule is CCNC(C)c1cccnc1N(CCOC)CC(C)C. The minimum absolute atomic E-state index is 0.306. The van der Waals surface area contributed by atoms with Gasteiger partial charge in [0.1, 0.15) is 5.82 Å². The third-order valence-electron chi connectivity index (χ3n) is 3.24. The molecule has 0 fully saturated rings. The summed E-state index contributed by atoms with van der Waals surface area (Å²) in [5.41, 5.74) is 1.26. The van der Waals surface area contributed by atoms with Crippen LogP contribution in [-0.4, -0.2) is 38.3 Å². The van der Waals surface area contributed by atoms with Gasteiger partial charge in [-0.2, -0.15) is 0 Å². The van der Waals surface area contributed by atoms with Crippen molar-refractivity contribution in [3.05, 3.63) is 23.9 Å². The first-order valence-electron chi connectivity index (χ1n) is 7.52. The maximum Gasteiger partial charge on any atom is 0.133 e. The largest absolute Gasteiger partial charge is 0.383 e. The summed E-state index contributed by atoms with van der Waals surface area (Å²) in [6, 6.07) is 4.48. The Morgan fingerprint density at radius 3 is 2.70 bits per heavy atom. The lowest BCUT2D eigenvalue weighted by atomic mass is 10.1. The first kappa shape index (κ1) is 16.9. The highest BCUT2D eigenvalue weighted by atomic mass is 16.5. The molecule has 1 heterocycles. The van der Waals surface area contributed by atoms with E-state index in [1.165, 1.54) is 5.56 Å². The van der Waals surface area contributed by atoms with Crippen LogP contribution in [0.5, 0.6) is 0 Å².